The van der Waals surface area contributed by atoms with E-state index in [0.717, 1.165) is 31.3 Å². The molecule has 17 heavy (non-hydrogen) atoms. The highest BCUT2D eigenvalue weighted by Gasteiger charge is 2.26. The van der Waals surface area contributed by atoms with Crippen molar-refractivity contribution in [3.63, 3.8) is 0 Å². The summed E-state index contributed by atoms with van der Waals surface area (Å²) in [5, 5.41) is 6.56. The number of nitrogens with one attached hydrogen (secondary N) is 2. The molecule has 1 saturated carbocycles. The van der Waals surface area contributed by atoms with Gasteiger partial charge in [0.15, 0.2) is 0 Å². The summed E-state index contributed by atoms with van der Waals surface area (Å²) in [6.07, 6.45) is 5.52. The zero-order valence-electron chi connectivity index (χ0n) is 11.2. The van der Waals surface area contributed by atoms with E-state index in [1.807, 2.05) is 0 Å². The maximum Gasteiger partial charge on any atom is 0.220 e. The molecule has 1 amide bonds. The Labute approximate surface area is 105 Å². The second kappa shape index (κ2) is 5.85. The molecule has 2 N–H and O–H groups in total. The number of amides is 1. The summed E-state index contributed by atoms with van der Waals surface area (Å²) in [5.74, 6) is 2.35. The van der Waals surface area contributed by atoms with Crippen molar-refractivity contribution in [1.29, 1.82) is 0 Å². The van der Waals surface area contributed by atoms with Gasteiger partial charge in [0.2, 0.25) is 5.91 Å². The minimum atomic E-state index is 0.269. The summed E-state index contributed by atoms with van der Waals surface area (Å²) in [4.78, 5) is 11.9. The third kappa shape index (κ3) is 3.98. The molecule has 3 nitrogen and oxygen atoms in total. The molecule has 3 atom stereocenters. The third-order valence-corrected chi connectivity index (χ3v) is 4.18. The van der Waals surface area contributed by atoms with Crippen LogP contribution < -0.4 is 10.6 Å². The number of carbonyl (C=O) groups is 1. The Hall–Kier alpha value is -0.570. The van der Waals surface area contributed by atoms with Crippen LogP contribution in [0.1, 0.15) is 46.0 Å². The van der Waals surface area contributed by atoms with Gasteiger partial charge >= 0.3 is 0 Å². The van der Waals surface area contributed by atoms with Crippen LogP contribution in [-0.2, 0) is 4.79 Å². The Balaban J connectivity index is 1.73. The van der Waals surface area contributed by atoms with Crippen molar-refractivity contribution in [2.75, 3.05) is 13.1 Å². The van der Waals surface area contributed by atoms with Crippen molar-refractivity contribution in [3.05, 3.63) is 0 Å². The van der Waals surface area contributed by atoms with Crippen LogP contribution in [0.3, 0.4) is 0 Å². The fraction of sp³-hybridized carbons (Fsp3) is 0.929. The van der Waals surface area contributed by atoms with Gasteiger partial charge in [-0.3, -0.25) is 4.79 Å². The minimum Gasteiger partial charge on any atom is -0.353 e. The van der Waals surface area contributed by atoms with Crippen LogP contribution in [0.5, 0.6) is 0 Å². The molecule has 98 valence electrons. The standard InChI is InChI=1S/C14H26N2O/c1-10-5-11(2)7-13(6-10)16-14(17)8-12-3-4-15-9-12/h10-13,15H,3-9H2,1-2H3,(H,16,17). The normalized spacial score (nSPS) is 38.0. The molecule has 0 aromatic rings. The van der Waals surface area contributed by atoms with Crippen LogP contribution in [-0.4, -0.2) is 25.0 Å². The lowest BCUT2D eigenvalue weighted by Gasteiger charge is -2.32. The molecule has 1 aliphatic heterocycles. The second-order valence-electron chi connectivity index (χ2n) is 6.24. The van der Waals surface area contributed by atoms with E-state index in [0.29, 0.717) is 18.4 Å². The fourth-order valence-electron chi connectivity index (χ4n) is 3.50. The van der Waals surface area contributed by atoms with Crippen LogP contribution in [0.4, 0.5) is 0 Å². The average Bonchev–Trinajstić information content (AvgIpc) is 2.67. The zero-order valence-corrected chi connectivity index (χ0v) is 11.2. The van der Waals surface area contributed by atoms with Gasteiger partial charge in [-0.15, -0.1) is 0 Å². The predicted octanol–water partition coefficient (Wildman–Crippen LogP) is 1.93. The van der Waals surface area contributed by atoms with Gasteiger partial charge in [-0.2, -0.15) is 0 Å². The van der Waals surface area contributed by atoms with E-state index in [4.69, 9.17) is 0 Å². The van der Waals surface area contributed by atoms with Crippen molar-refractivity contribution in [2.24, 2.45) is 17.8 Å². The van der Waals surface area contributed by atoms with E-state index in [2.05, 4.69) is 24.5 Å². The Kier molecular flexibility index (Phi) is 4.43. The lowest BCUT2D eigenvalue weighted by Crippen LogP contribution is -2.40. The molecule has 1 aliphatic carbocycles. The highest BCUT2D eigenvalue weighted by atomic mass is 16.1. The topological polar surface area (TPSA) is 41.1 Å². The summed E-state index contributed by atoms with van der Waals surface area (Å²) in [7, 11) is 0. The van der Waals surface area contributed by atoms with E-state index in [1.54, 1.807) is 0 Å². The Morgan fingerprint density at radius 2 is 1.94 bits per heavy atom. The molecule has 3 heteroatoms. The van der Waals surface area contributed by atoms with Crippen LogP contribution in [0.2, 0.25) is 0 Å². The molecule has 0 radical (unpaired) electrons. The molecule has 0 aromatic heterocycles. The van der Waals surface area contributed by atoms with E-state index < -0.39 is 0 Å². The fourth-order valence-corrected chi connectivity index (χ4v) is 3.50. The van der Waals surface area contributed by atoms with Gasteiger partial charge in [0.05, 0.1) is 0 Å². The molecule has 0 aromatic carbocycles. The molecule has 2 aliphatic rings. The van der Waals surface area contributed by atoms with E-state index in [9.17, 15) is 4.79 Å². The highest BCUT2D eigenvalue weighted by molar-refractivity contribution is 5.76. The molecule has 2 fully saturated rings. The summed E-state index contributed by atoms with van der Waals surface area (Å²) >= 11 is 0. The number of carbonyl (C=O) groups excluding carboxylic acids is 1. The molecule has 2 rings (SSSR count). The van der Waals surface area contributed by atoms with Crippen molar-refractivity contribution < 1.29 is 4.79 Å². The van der Waals surface area contributed by atoms with E-state index >= 15 is 0 Å². The van der Waals surface area contributed by atoms with Gasteiger partial charge in [-0.05, 0) is 56.5 Å². The maximum atomic E-state index is 11.9. The Morgan fingerprint density at radius 3 is 2.53 bits per heavy atom. The molecular weight excluding hydrogens is 212 g/mol. The molecular formula is C14H26N2O. The van der Waals surface area contributed by atoms with Crippen LogP contribution in [0.25, 0.3) is 0 Å². The summed E-state index contributed by atoms with van der Waals surface area (Å²) in [6, 6.07) is 0.426. The van der Waals surface area contributed by atoms with Gasteiger partial charge in [-0.25, -0.2) is 0 Å². The summed E-state index contributed by atoms with van der Waals surface area (Å²) < 4.78 is 0. The van der Waals surface area contributed by atoms with Gasteiger partial charge < -0.3 is 10.6 Å². The lowest BCUT2D eigenvalue weighted by atomic mass is 9.80. The Morgan fingerprint density at radius 1 is 1.24 bits per heavy atom. The first kappa shape index (κ1) is 12.9. The van der Waals surface area contributed by atoms with Crippen molar-refractivity contribution >= 4 is 5.91 Å². The van der Waals surface area contributed by atoms with Gasteiger partial charge in [0, 0.05) is 12.5 Å². The number of rotatable bonds is 3. The molecule has 1 saturated heterocycles. The van der Waals surface area contributed by atoms with Crippen LogP contribution >= 0.6 is 0 Å². The molecule has 0 bridgehead atoms. The maximum absolute atomic E-state index is 11.9. The third-order valence-electron chi connectivity index (χ3n) is 4.18. The SMILES string of the molecule is CC1CC(C)CC(NC(=O)CC2CCNC2)C1. The predicted molar refractivity (Wildman–Crippen MR) is 69.7 cm³/mol. The molecule has 3 unspecified atom stereocenters. The van der Waals surface area contributed by atoms with E-state index in [-0.39, 0.29) is 5.91 Å². The minimum absolute atomic E-state index is 0.269. The van der Waals surface area contributed by atoms with Crippen molar-refractivity contribution in [3.8, 4) is 0 Å². The van der Waals surface area contributed by atoms with Crippen LogP contribution in [0, 0.1) is 17.8 Å². The number of hydrogen-bond donors (Lipinski definition) is 2. The summed E-state index contributed by atoms with van der Waals surface area (Å²) in [6.45, 7) is 6.70. The largest absolute Gasteiger partial charge is 0.353 e. The van der Waals surface area contributed by atoms with Crippen molar-refractivity contribution in [2.45, 2.75) is 52.0 Å². The van der Waals surface area contributed by atoms with E-state index in [1.165, 1.54) is 19.3 Å². The Bertz CT molecular complexity index is 251. The molecule has 0 spiro atoms. The quantitative estimate of drug-likeness (QED) is 0.789. The zero-order chi connectivity index (χ0) is 12.3. The second-order valence-corrected chi connectivity index (χ2v) is 6.24. The monoisotopic (exact) mass is 238 g/mol. The summed E-state index contributed by atoms with van der Waals surface area (Å²) in [5.41, 5.74) is 0. The highest BCUT2D eigenvalue weighted by Crippen LogP contribution is 2.28. The van der Waals surface area contributed by atoms with Gasteiger partial charge in [0.25, 0.3) is 0 Å². The van der Waals surface area contributed by atoms with Crippen molar-refractivity contribution in [1.82, 2.24) is 10.6 Å². The smallest absolute Gasteiger partial charge is 0.220 e. The van der Waals surface area contributed by atoms with Gasteiger partial charge in [0.1, 0.15) is 0 Å². The first-order valence-corrected chi connectivity index (χ1v) is 7.13. The first-order valence-electron chi connectivity index (χ1n) is 7.13. The van der Waals surface area contributed by atoms with Gasteiger partial charge in [-0.1, -0.05) is 13.8 Å². The molecule has 1 heterocycles. The average molecular weight is 238 g/mol. The van der Waals surface area contributed by atoms with Crippen LogP contribution in [0.15, 0.2) is 0 Å². The lowest BCUT2D eigenvalue weighted by molar-refractivity contribution is -0.123. The first-order chi connectivity index (χ1) is 8.13. The number of hydrogen-bond acceptors (Lipinski definition) is 2.